The van der Waals surface area contributed by atoms with E-state index in [0.717, 1.165) is 0 Å². The van der Waals surface area contributed by atoms with Crippen molar-refractivity contribution >= 4 is 17.7 Å². The maximum atomic E-state index is 12.8. The number of ketones is 1. The van der Waals surface area contributed by atoms with E-state index in [0.29, 0.717) is 25.3 Å². The molecule has 0 radical (unpaired) electrons. The van der Waals surface area contributed by atoms with Crippen LogP contribution < -0.4 is 0 Å². The lowest BCUT2D eigenvalue weighted by Gasteiger charge is -2.16. The number of ether oxygens (including phenoxy) is 1. The van der Waals surface area contributed by atoms with Gasteiger partial charge in [-0.15, -0.1) is 0 Å². The molecule has 1 aromatic carbocycles. The van der Waals surface area contributed by atoms with E-state index in [1.807, 2.05) is 0 Å². The van der Waals surface area contributed by atoms with Crippen molar-refractivity contribution in [2.75, 3.05) is 19.7 Å². The molecule has 2 fully saturated rings. The number of rotatable bonds is 4. The van der Waals surface area contributed by atoms with Crippen molar-refractivity contribution in [1.29, 1.82) is 0 Å². The van der Waals surface area contributed by atoms with Gasteiger partial charge in [-0.1, -0.05) is 0 Å². The molecule has 2 heterocycles. The lowest BCUT2D eigenvalue weighted by molar-refractivity contribution is -0.142. The monoisotopic (exact) mass is 305 g/mol. The Labute approximate surface area is 127 Å². The van der Waals surface area contributed by atoms with Crippen LogP contribution in [0.15, 0.2) is 24.3 Å². The van der Waals surface area contributed by atoms with Gasteiger partial charge in [0.15, 0.2) is 5.78 Å². The minimum atomic E-state index is -0.400. The zero-order valence-corrected chi connectivity index (χ0v) is 12.0. The number of hydrogen-bond acceptors (Lipinski definition) is 4. The van der Waals surface area contributed by atoms with Gasteiger partial charge in [0, 0.05) is 37.4 Å². The van der Waals surface area contributed by atoms with Crippen LogP contribution in [-0.2, 0) is 14.3 Å². The second kappa shape index (κ2) is 5.87. The summed E-state index contributed by atoms with van der Waals surface area (Å²) in [5.41, 5.74) is 0.399. The summed E-state index contributed by atoms with van der Waals surface area (Å²) in [7, 11) is 0. The second-order valence-corrected chi connectivity index (χ2v) is 5.73. The molecular weight excluding hydrogens is 289 g/mol. The molecule has 1 aromatic rings. The summed E-state index contributed by atoms with van der Waals surface area (Å²) in [6, 6.07) is 5.28. The average molecular weight is 305 g/mol. The highest BCUT2D eigenvalue weighted by Gasteiger charge is 2.45. The van der Waals surface area contributed by atoms with Crippen LogP contribution in [0.5, 0.6) is 0 Å². The number of esters is 1. The fourth-order valence-electron chi connectivity index (χ4n) is 2.97. The van der Waals surface area contributed by atoms with Gasteiger partial charge in [-0.25, -0.2) is 4.39 Å². The maximum Gasteiger partial charge on any atom is 0.311 e. The van der Waals surface area contributed by atoms with E-state index >= 15 is 0 Å². The van der Waals surface area contributed by atoms with E-state index in [9.17, 15) is 18.8 Å². The summed E-state index contributed by atoms with van der Waals surface area (Å²) in [6.07, 6.45) is 0.186. The van der Waals surface area contributed by atoms with Crippen LogP contribution in [0, 0.1) is 17.7 Å². The quantitative estimate of drug-likeness (QED) is 0.623. The lowest BCUT2D eigenvalue weighted by Crippen LogP contribution is -2.31. The van der Waals surface area contributed by atoms with Crippen LogP contribution >= 0.6 is 0 Å². The van der Waals surface area contributed by atoms with E-state index in [-0.39, 0.29) is 42.3 Å². The van der Waals surface area contributed by atoms with E-state index < -0.39 is 5.82 Å². The number of cyclic esters (lactones) is 1. The first-order valence-corrected chi connectivity index (χ1v) is 7.28. The number of benzene rings is 1. The number of carbonyl (C=O) groups is 3. The van der Waals surface area contributed by atoms with Gasteiger partial charge in [-0.3, -0.25) is 14.4 Å². The molecule has 1 amide bonds. The second-order valence-electron chi connectivity index (χ2n) is 5.73. The molecule has 2 aliphatic rings. The Hall–Kier alpha value is -2.24. The van der Waals surface area contributed by atoms with E-state index in [4.69, 9.17) is 4.74 Å². The molecule has 5 nitrogen and oxygen atoms in total. The fraction of sp³-hybridized carbons (Fsp3) is 0.438. The number of carbonyl (C=O) groups excluding carboxylic acids is 3. The van der Waals surface area contributed by atoms with Crippen molar-refractivity contribution in [2.45, 2.75) is 12.8 Å². The van der Waals surface area contributed by atoms with Crippen LogP contribution in [0.4, 0.5) is 4.39 Å². The topological polar surface area (TPSA) is 63.7 Å². The first-order chi connectivity index (χ1) is 10.5. The van der Waals surface area contributed by atoms with Crippen LogP contribution in [0.3, 0.4) is 0 Å². The van der Waals surface area contributed by atoms with Gasteiger partial charge in [0.25, 0.3) is 0 Å². The number of amides is 1. The van der Waals surface area contributed by atoms with Gasteiger partial charge in [0.2, 0.25) is 5.91 Å². The fourth-order valence-corrected chi connectivity index (χ4v) is 2.97. The predicted octanol–water partition coefficient (Wildman–Crippen LogP) is 1.42. The third-order valence-corrected chi connectivity index (χ3v) is 4.27. The molecule has 6 heteroatoms. The summed E-state index contributed by atoms with van der Waals surface area (Å²) in [5, 5.41) is 0. The molecule has 3 rings (SSSR count). The molecule has 0 saturated carbocycles. The largest absolute Gasteiger partial charge is 0.465 e. The van der Waals surface area contributed by atoms with Crippen molar-refractivity contribution in [2.24, 2.45) is 11.8 Å². The van der Waals surface area contributed by atoms with Gasteiger partial charge >= 0.3 is 5.97 Å². The number of halogens is 1. The van der Waals surface area contributed by atoms with E-state index in [1.54, 1.807) is 4.90 Å². The Morgan fingerprint density at radius 1 is 1.18 bits per heavy atom. The Balaban J connectivity index is 1.51. The van der Waals surface area contributed by atoms with Gasteiger partial charge in [-0.2, -0.15) is 0 Å². The average Bonchev–Trinajstić information content (AvgIpc) is 3.08. The molecule has 2 saturated heterocycles. The summed E-state index contributed by atoms with van der Waals surface area (Å²) in [5.74, 6) is -1.07. The molecular formula is C16H16FNO4. The Bertz CT molecular complexity index is 613. The molecule has 0 spiro atoms. The SMILES string of the molecule is O=C(CCC(=O)N1C[C@@H]2COC(=O)[C@@H]2C1)c1ccc(F)cc1. The van der Waals surface area contributed by atoms with Crippen molar-refractivity contribution < 1.29 is 23.5 Å². The zero-order chi connectivity index (χ0) is 15.7. The minimum absolute atomic E-state index is 0.0841. The first-order valence-electron chi connectivity index (χ1n) is 7.28. The molecule has 0 bridgehead atoms. The summed E-state index contributed by atoms with van der Waals surface area (Å²) in [6.45, 7) is 1.27. The minimum Gasteiger partial charge on any atom is -0.465 e. The molecule has 2 atom stereocenters. The lowest BCUT2D eigenvalue weighted by atomic mass is 10.0. The summed E-state index contributed by atoms with van der Waals surface area (Å²) in [4.78, 5) is 37.2. The molecule has 2 aliphatic heterocycles. The van der Waals surface area contributed by atoms with Gasteiger partial charge < -0.3 is 9.64 Å². The molecule has 116 valence electrons. The predicted molar refractivity (Wildman–Crippen MR) is 74.5 cm³/mol. The first kappa shape index (κ1) is 14.7. The molecule has 22 heavy (non-hydrogen) atoms. The maximum absolute atomic E-state index is 12.8. The third kappa shape index (κ3) is 2.86. The molecule has 0 aliphatic carbocycles. The Kier molecular flexibility index (Phi) is 3.92. The summed E-state index contributed by atoms with van der Waals surface area (Å²) >= 11 is 0. The highest BCUT2D eigenvalue weighted by atomic mass is 19.1. The smallest absolute Gasteiger partial charge is 0.311 e. The number of likely N-dealkylation sites (tertiary alicyclic amines) is 1. The number of fused-ring (bicyclic) bond motifs is 1. The summed E-state index contributed by atoms with van der Waals surface area (Å²) < 4.78 is 17.8. The van der Waals surface area contributed by atoms with Crippen LogP contribution in [0.2, 0.25) is 0 Å². The van der Waals surface area contributed by atoms with Gasteiger partial charge in [-0.05, 0) is 24.3 Å². The standard InChI is InChI=1S/C16H16FNO4/c17-12-3-1-10(2-4-12)14(19)5-6-15(20)18-7-11-9-22-16(21)13(11)8-18/h1-4,11,13H,5-9H2/t11-,13-/m1/s1. The van der Waals surface area contributed by atoms with Crippen LogP contribution in [0.1, 0.15) is 23.2 Å². The van der Waals surface area contributed by atoms with Crippen molar-refractivity contribution in [3.63, 3.8) is 0 Å². The zero-order valence-electron chi connectivity index (χ0n) is 12.0. The third-order valence-electron chi connectivity index (χ3n) is 4.27. The van der Waals surface area contributed by atoms with E-state index in [1.165, 1.54) is 24.3 Å². The van der Waals surface area contributed by atoms with E-state index in [2.05, 4.69) is 0 Å². The van der Waals surface area contributed by atoms with Crippen molar-refractivity contribution in [3.05, 3.63) is 35.6 Å². The highest BCUT2D eigenvalue weighted by molar-refractivity contribution is 5.98. The van der Waals surface area contributed by atoms with Crippen molar-refractivity contribution in [1.82, 2.24) is 4.90 Å². The van der Waals surface area contributed by atoms with Crippen LogP contribution in [-0.4, -0.2) is 42.3 Å². The van der Waals surface area contributed by atoms with Gasteiger partial charge in [0.05, 0.1) is 12.5 Å². The Morgan fingerprint density at radius 3 is 2.59 bits per heavy atom. The molecule has 0 N–H and O–H groups in total. The number of Topliss-reactive ketones (excluding diaryl/α,β-unsaturated/α-hetero) is 1. The highest BCUT2D eigenvalue weighted by Crippen LogP contribution is 2.30. The van der Waals surface area contributed by atoms with Crippen LogP contribution in [0.25, 0.3) is 0 Å². The molecule has 0 aromatic heterocycles. The van der Waals surface area contributed by atoms with Gasteiger partial charge in [0.1, 0.15) is 5.82 Å². The number of nitrogens with zero attached hydrogens (tertiary/aromatic N) is 1. The number of hydrogen-bond donors (Lipinski definition) is 0. The normalized spacial score (nSPS) is 23.3. The van der Waals surface area contributed by atoms with Crippen molar-refractivity contribution in [3.8, 4) is 0 Å². The molecule has 0 unspecified atom stereocenters. The Morgan fingerprint density at radius 2 is 1.91 bits per heavy atom.